The highest BCUT2D eigenvalue weighted by Gasteiger charge is 2.41. The number of nitrogens with zero attached hydrogens (tertiary/aromatic N) is 1. The minimum Gasteiger partial charge on any atom is -0.480 e. The van der Waals surface area contributed by atoms with Gasteiger partial charge in [-0.15, -0.1) is 0 Å². The van der Waals surface area contributed by atoms with Crippen LogP contribution in [0.3, 0.4) is 0 Å². The second-order valence-corrected chi connectivity index (χ2v) is 7.83. The number of nitrogens with one attached hydrogen (secondary N) is 1. The number of carbonyl (C=O) groups excluding carboxylic acids is 1. The predicted molar refractivity (Wildman–Crippen MR) is 83.5 cm³/mol. The predicted octanol–water partition coefficient (Wildman–Crippen LogP) is 2.01. The van der Waals surface area contributed by atoms with Crippen LogP contribution in [0.4, 0.5) is 0 Å². The first-order valence-corrected chi connectivity index (χ1v) is 8.73. The van der Waals surface area contributed by atoms with E-state index in [1.807, 2.05) is 0 Å². The summed E-state index contributed by atoms with van der Waals surface area (Å²) in [4.78, 5) is 25.5. The molecule has 0 radical (unpaired) electrons. The van der Waals surface area contributed by atoms with Gasteiger partial charge in [-0.3, -0.25) is 14.5 Å². The van der Waals surface area contributed by atoms with E-state index < -0.39 is 5.97 Å². The summed E-state index contributed by atoms with van der Waals surface area (Å²) in [6, 6.07) is 0.573. The van der Waals surface area contributed by atoms with Crippen LogP contribution >= 0.6 is 0 Å². The molecule has 0 aromatic heterocycles. The van der Waals surface area contributed by atoms with E-state index in [0.717, 1.165) is 45.1 Å². The zero-order chi connectivity index (χ0) is 15.7. The van der Waals surface area contributed by atoms with Crippen molar-refractivity contribution in [2.75, 3.05) is 13.1 Å². The standard InChI is InChI=1S/C17H28N2O3/c1-17(6-2-3-7-17)16(22)18-13-8-14(9-13)19(11-15(20)21)10-12-4-5-12/h12-14H,2-11H2,1H3,(H,18,22)(H,20,21). The Balaban J connectivity index is 1.45. The van der Waals surface area contributed by atoms with Crippen molar-refractivity contribution in [3.05, 3.63) is 0 Å². The minimum absolute atomic E-state index is 0.138. The number of hydrogen-bond donors (Lipinski definition) is 2. The molecule has 0 saturated heterocycles. The van der Waals surface area contributed by atoms with Gasteiger partial charge in [-0.25, -0.2) is 0 Å². The Bertz CT molecular complexity index is 435. The first kappa shape index (κ1) is 15.8. The lowest BCUT2D eigenvalue weighted by atomic mass is 9.82. The first-order chi connectivity index (χ1) is 10.5. The van der Waals surface area contributed by atoms with Crippen LogP contribution in [0.25, 0.3) is 0 Å². The maximum atomic E-state index is 12.4. The molecular weight excluding hydrogens is 280 g/mol. The van der Waals surface area contributed by atoms with E-state index in [0.29, 0.717) is 12.0 Å². The monoisotopic (exact) mass is 308 g/mol. The van der Waals surface area contributed by atoms with Gasteiger partial charge in [0.05, 0.1) is 6.54 Å². The summed E-state index contributed by atoms with van der Waals surface area (Å²) >= 11 is 0. The van der Waals surface area contributed by atoms with Gasteiger partial charge in [-0.05, 0) is 44.4 Å². The van der Waals surface area contributed by atoms with Crippen LogP contribution in [-0.2, 0) is 9.59 Å². The molecule has 1 amide bonds. The maximum Gasteiger partial charge on any atom is 0.317 e. The van der Waals surface area contributed by atoms with Gasteiger partial charge in [0.1, 0.15) is 0 Å². The second-order valence-electron chi connectivity index (χ2n) is 7.83. The third-order valence-electron chi connectivity index (χ3n) is 5.75. The molecule has 124 valence electrons. The molecular formula is C17H28N2O3. The van der Waals surface area contributed by atoms with Gasteiger partial charge in [0.15, 0.2) is 0 Å². The zero-order valence-corrected chi connectivity index (χ0v) is 13.5. The Morgan fingerprint density at radius 1 is 1.23 bits per heavy atom. The molecule has 3 fully saturated rings. The zero-order valence-electron chi connectivity index (χ0n) is 13.5. The topological polar surface area (TPSA) is 69.6 Å². The fraction of sp³-hybridized carbons (Fsp3) is 0.882. The van der Waals surface area contributed by atoms with Crippen LogP contribution in [0.1, 0.15) is 58.3 Å². The Labute approximate surface area is 132 Å². The maximum absolute atomic E-state index is 12.4. The van der Waals surface area contributed by atoms with Gasteiger partial charge in [-0.1, -0.05) is 19.8 Å². The third kappa shape index (κ3) is 3.62. The smallest absolute Gasteiger partial charge is 0.317 e. The van der Waals surface area contributed by atoms with Crippen LogP contribution < -0.4 is 5.32 Å². The molecule has 0 spiro atoms. The van der Waals surface area contributed by atoms with Crippen LogP contribution in [0, 0.1) is 11.3 Å². The van der Waals surface area contributed by atoms with Crippen LogP contribution in [-0.4, -0.2) is 47.1 Å². The molecule has 0 unspecified atom stereocenters. The fourth-order valence-corrected chi connectivity index (χ4v) is 3.89. The summed E-state index contributed by atoms with van der Waals surface area (Å²) in [6.07, 6.45) is 8.60. The van der Waals surface area contributed by atoms with E-state index in [9.17, 15) is 9.59 Å². The molecule has 0 atom stereocenters. The van der Waals surface area contributed by atoms with Gasteiger partial charge >= 0.3 is 5.97 Å². The van der Waals surface area contributed by atoms with Crippen LogP contribution in [0.2, 0.25) is 0 Å². The Hall–Kier alpha value is -1.10. The van der Waals surface area contributed by atoms with Gasteiger partial charge in [-0.2, -0.15) is 0 Å². The molecule has 3 rings (SSSR count). The molecule has 0 bridgehead atoms. The van der Waals surface area contributed by atoms with Crippen LogP contribution in [0.15, 0.2) is 0 Å². The number of carboxylic acid groups (broad SMARTS) is 1. The van der Waals surface area contributed by atoms with Crippen molar-refractivity contribution < 1.29 is 14.7 Å². The lowest BCUT2D eigenvalue weighted by molar-refractivity contribution is -0.140. The fourth-order valence-electron chi connectivity index (χ4n) is 3.89. The van der Waals surface area contributed by atoms with E-state index >= 15 is 0 Å². The number of amides is 1. The number of carbonyl (C=O) groups is 2. The number of carboxylic acids is 1. The van der Waals surface area contributed by atoms with Crippen molar-refractivity contribution in [3.63, 3.8) is 0 Å². The van der Waals surface area contributed by atoms with Crippen LogP contribution in [0.5, 0.6) is 0 Å². The summed E-state index contributed by atoms with van der Waals surface area (Å²) in [6.45, 7) is 3.13. The van der Waals surface area contributed by atoms with Crippen molar-refractivity contribution in [1.29, 1.82) is 0 Å². The molecule has 22 heavy (non-hydrogen) atoms. The molecule has 3 aliphatic rings. The van der Waals surface area contributed by atoms with Gasteiger partial charge in [0, 0.05) is 24.0 Å². The van der Waals surface area contributed by atoms with E-state index in [1.54, 1.807) is 0 Å². The van der Waals surface area contributed by atoms with Crippen molar-refractivity contribution in [2.45, 2.75) is 70.4 Å². The molecule has 3 saturated carbocycles. The molecule has 2 N–H and O–H groups in total. The highest BCUT2D eigenvalue weighted by molar-refractivity contribution is 5.82. The van der Waals surface area contributed by atoms with Crippen molar-refractivity contribution >= 4 is 11.9 Å². The van der Waals surface area contributed by atoms with Crippen molar-refractivity contribution in [1.82, 2.24) is 10.2 Å². The Kier molecular flexibility index (Phi) is 4.44. The molecule has 5 nitrogen and oxygen atoms in total. The minimum atomic E-state index is -0.744. The van der Waals surface area contributed by atoms with Gasteiger partial charge < -0.3 is 10.4 Å². The normalized spacial score (nSPS) is 30.1. The Morgan fingerprint density at radius 3 is 2.41 bits per heavy atom. The highest BCUT2D eigenvalue weighted by atomic mass is 16.4. The summed E-state index contributed by atoms with van der Waals surface area (Å²) < 4.78 is 0. The van der Waals surface area contributed by atoms with Crippen molar-refractivity contribution in [3.8, 4) is 0 Å². The molecule has 0 aliphatic heterocycles. The second kappa shape index (κ2) is 6.19. The summed E-state index contributed by atoms with van der Waals surface area (Å²) in [7, 11) is 0. The van der Waals surface area contributed by atoms with Crippen molar-refractivity contribution in [2.24, 2.45) is 11.3 Å². The summed E-state index contributed by atoms with van der Waals surface area (Å²) in [5, 5.41) is 12.3. The highest BCUT2D eigenvalue weighted by Crippen LogP contribution is 2.39. The molecule has 0 aromatic rings. The van der Waals surface area contributed by atoms with Gasteiger partial charge in [0.2, 0.25) is 5.91 Å². The number of hydrogen-bond acceptors (Lipinski definition) is 3. The van der Waals surface area contributed by atoms with E-state index in [-0.39, 0.29) is 23.9 Å². The average molecular weight is 308 g/mol. The quantitative estimate of drug-likeness (QED) is 0.755. The lowest BCUT2D eigenvalue weighted by Gasteiger charge is -2.43. The average Bonchev–Trinajstić information content (AvgIpc) is 3.10. The van der Waals surface area contributed by atoms with E-state index in [1.165, 1.54) is 12.8 Å². The lowest BCUT2D eigenvalue weighted by Crippen LogP contribution is -2.56. The SMILES string of the molecule is CC1(C(=O)NC2CC(N(CC(=O)O)CC3CC3)C2)CCCC1. The van der Waals surface area contributed by atoms with Gasteiger partial charge in [0.25, 0.3) is 0 Å². The number of rotatable bonds is 7. The molecule has 3 aliphatic carbocycles. The molecule has 5 heteroatoms. The molecule has 0 heterocycles. The van der Waals surface area contributed by atoms with E-state index in [2.05, 4.69) is 17.1 Å². The number of aliphatic carboxylic acids is 1. The Morgan fingerprint density at radius 2 is 1.86 bits per heavy atom. The first-order valence-electron chi connectivity index (χ1n) is 8.73. The summed E-state index contributed by atoms with van der Waals surface area (Å²) in [5.74, 6) is 0.164. The largest absolute Gasteiger partial charge is 0.480 e. The summed E-state index contributed by atoms with van der Waals surface area (Å²) in [5.41, 5.74) is -0.167. The molecule has 0 aromatic carbocycles. The third-order valence-corrected chi connectivity index (χ3v) is 5.75. The van der Waals surface area contributed by atoms with E-state index in [4.69, 9.17) is 5.11 Å².